The zero-order chi connectivity index (χ0) is 16.2. The van der Waals surface area contributed by atoms with Crippen LogP contribution in [0.15, 0.2) is 30.5 Å². The minimum Gasteiger partial charge on any atom is -0.481 e. The van der Waals surface area contributed by atoms with Crippen LogP contribution in [0.5, 0.6) is 0 Å². The Balaban J connectivity index is 1.76. The highest BCUT2D eigenvalue weighted by atomic mass is 19.1. The minimum absolute atomic E-state index is 0.238. The molecule has 0 saturated carbocycles. The number of rotatable bonds is 4. The van der Waals surface area contributed by atoms with E-state index in [9.17, 15) is 14.3 Å². The van der Waals surface area contributed by atoms with Gasteiger partial charge in [-0.25, -0.2) is 4.39 Å². The Morgan fingerprint density at radius 1 is 1.43 bits per heavy atom. The number of hydrogen-bond acceptors (Lipinski definition) is 4. The molecule has 2 aromatic rings. The zero-order valence-corrected chi connectivity index (χ0v) is 12.5. The molecule has 0 radical (unpaired) electrons. The molecule has 1 saturated heterocycles. The van der Waals surface area contributed by atoms with Crippen molar-refractivity contribution in [1.29, 1.82) is 0 Å². The van der Waals surface area contributed by atoms with Gasteiger partial charge in [-0.15, -0.1) is 0 Å². The number of ether oxygens (including phenoxy) is 1. The molecule has 0 aliphatic carbocycles. The highest BCUT2D eigenvalue weighted by Crippen LogP contribution is 2.23. The minimum atomic E-state index is -0.845. The molecule has 6 nitrogen and oxygen atoms in total. The molecule has 0 bridgehead atoms. The molecular weight excluding hydrogens is 301 g/mol. The highest BCUT2D eigenvalue weighted by molar-refractivity contribution is 5.70. The largest absolute Gasteiger partial charge is 0.481 e. The molecule has 7 heteroatoms. The standard InChI is InChI=1S/C16H18FN3O3/c17-14-3-1-11(2-4-14)15-12(7-18-19-15)8-20-5-6-23-10-13(9-20)16(21)22/h1-4,7,13H,5-6,8-10H2,(H,18,19)(H,21,22). The molecule has 2 heterocycles. The van der Waals surface area contributed by atoms with Crippen LogP contribution in [-0.2, 0) is 16.1 Å². The number of nitrogens with one attached hydrogen (secondary N) is 1. The van der Waals surface area contributed by atoms with Crippen LogP contribution in [0, 0.1) is 11.7 Å². The first-order valence-corrected chi connectivity index (χ1v) is 7.44. The molecule has 1 aromatic carbocycles. The number of aromatic amines is 1. The van der Waals surface area contributed by atoms with Crippen molar-refractivity contribution in [3.63, 3.8) is 0 Å². The molecule has 122 valence electrons. The Kier molecular flexibility index (Phi) is 4.68. The van der Waals surface area contributed by atoms with Crippen LogP contribution < -0.4 is 0 Å². The first-order chi connectivity index (χ1) is 11.1. The summed E-state index contributed by atoms with van der Waals surface area (Å²) >= 11 is 0. The fourth-order valence-corrected chi connectivity index (χ4v) is 2.71. The molecule has 0 amide bonds. The first kappa shape index (κ1) is 15.6. The number of nitrogens with zero attached hydrogens (tertiary/aromatic N) is 2. The van der Waals surface area contributed by atoms with E-state index in [-0.39, 0.29) is 12.4 Å². The van der Waals surface area contributed by atoms with Crippen molar-refractivity contribution >= 4 is 5.97 Å². The predicted molar refractivity (Wildman–Crippen MR) is 81.2 cm³/mol. The van der Waals surface area contributed by atoms with Crippen LogP contribution in [0.25, 0.3) is 11.3 Å². The topological polar surface area (TPSA) is 78.5 Å². The van der Waals surface area contributed by atoms with E-state index >= 15 is 0 Å². The number of H-pyrrole nitrogens is 1. The van der Waals surface area contributed by atoms with Gasteiger partial charge < -0.3 is 9.84 Å². The number of carboxylic acid groups (broad SMARTS) is 1. The number of aromatic nitrogens is 2. The van der Waals surface area contributed by atoms with Crippen LogP contribution in [0.4, 0.5) is 4.39 Å². The molecule has 1 aliphatic heterocycles. The third-order valence-corrected chi connectivity index (χ3v) is 3.94. The summed E-state index contributed by atoms with van der Waals surface area (Å²) in [7, 11) is 0. The van der Waals surface area contributed by atoms with Crippen molar-refractivity contribution < 1.29 is 19.0 Å². The van der Waals surface area contributed by atoms with Crippen molar-refractivity contribution in [3.05, 3.63) is 41.8 Å². The van der Waals surface area contributed by atoms with E-state index < -0.39 is 11.9 Å². The van der Waals surface area contributed by atoms with E-state index in [1.54, 1.807) is 18.3 Å². The predicted octanol–water partition coefficient (Wildman–Crippen LogP) is 1.75. The first-order valence-electron chi connectivity index (χ1n) is 7.44. The van der Waals surface area contributed by atoms with Crippen molar-refractivity contribution in [2.75, 3.05) is 26.3 Å². The maximum absolute atomic E-state index is 13.1. The van der Waals surface area contributed by atoms with Gasteiger partial charge >= 0.3 is 5.97 Å². The molecule has 23 heavy (non-hydrogen) atoms. The van der Waals surface area contributed by atoms with Crippen LogP contribution in [0.1, 0.15) is 5.56 Å². The van der Waals surface area contributed by atoms with Crippen LogP contribution in [-0.4, -0.2) is 52.5 Å². The summed E-state index contributed by atoms with van der Waals surface area (Å²) in [4.78, 5) is 13.3. The number of carboxylic acids is 1. The van der Waals surface area contributed by atoms with Crippen molar-refractivity contribution in [2.24, 2.45) is 5.92 Å². The average molecular weight is 319 g/mol. The molecule has 0 spiro atoms. The molecule has 1 aliphatic rings. The lowest BCUT2D eigenvalue weighted by Gasteiger charge is -2.21. The van der Waals surface area contributed by atoms with E-state index in [1.807, 2.05) is 4.90 Å². The van der Waals surface area contributed by atoms with Gasteiger partial charge in [0.1, 0.15) is 5.82 Å². The number of aliphatic carboxylic acids is 1. The van der Waals surface area contributed by atoms with Gasteiger partial charge in [-0.2, -0.15) is 5.10 Å². The maximum Gasteiger partial charge on any atom is 0.310 e. The summed E-state index contributed by atoms with van der Waals surface area (Å²) in [6.45, 7) is 2.41. The van der Waals surface area contributed by atoms with E-state index in [0.717, 1.165) is 16.8 Å². The van der Waals surface area contributed by atoms with Gasteiger partial charge in [0.05, 0.1) is 31.0 Å². The normalized spacial score (nSPS) is 19.4. The van der Waals surface area contributed by atoms with E-state index in [0.29, 0.717) is 26.2 Å². The lowest BCUT2D eigenvalue weighted by molar-refractivity contribution is -0.143. The third kappa shape index (κ3) is 3.75. The number of carbonyl (C=O) groups is 1. The van der Waals surface area contributed by atoms with Crippen molar-refractivity contribution in [2.45, 2.75) is 6.54 Å². The fraction of sp³-hybridized carbons (Fsp3) is 0.375. The van der Waals surface area contributed by atoms with Crippen LogP contribution in [0.3, 0.4) is 0 Å². The monoisotopic (exact) mass is 319 g/mol. The average Bonchev–Trinajstić information content (AvgIpc) is 2.85. The Morgan fingerprint density at radius 3 is 2.96 bits per heavy atom. The Hall–Kier alpha value is -2.25. The summed E-state index contributed by atoms with van der Waals surface area (Å²) in [5, 5.41) is 16.2. The zero-order valence-electron chi connectivity index (χ0n) is 12.5. The lowest BCUT2D eigenvalue weighted by Crippen LogP contribution is -2.33. The molecule has 2 N–H and O–H groups in total. The maximum atomic E-state index is 13.1. The van der Waals surface area contributed by atoms with Crippen LogP contribution >= 0.6 is 0 Å². The third-order valence-electron chi connectivity index (χ3n) is 3.94. The summed E-state index contributed by atoms with van der Waals surface area (Å²) in [5.41, 5.74) is 2.62. The van der Waals surface area contributed by atoms with E-state index in [2.05, 4.69) is 10.2 Å². The van der Waals surface area contributed by atoms with Crippen molar-refractivity contribution in [1.82, 2.24) is 15.1 Å². The Labute approximate surface area is 132 Å². The second kappa shape index (κ2) is 6.89. The summed E-state index contributed by atoms with van der Waals surface area (Å²) in [6.07, 6.45) is 1.72. The van der Waals surface area contributed by atoms with Gasteiger partial charge in [0.25, 0.3) is 0 Å². The summed E-state index contributed by atoms with van der Waals surface area (Å²) in [6, 6.07) is 6.19. The second-order valence-electron chi connectivity index (χ2n) is 5.62. The van der Waals surface area contributed by atoms with Gasteiger partial charge in [-0.1, -0.05) is 0 Å². The molecule has 1 aromatic heterocycles. The molecule has 1 atom stereocenters. The van der Waals surface area contributed by atoms with Gasteiger partial charge in [-0.05, 0) is 24.3 Å². The van der Waals surface area contributed by atoms with Crippen LogP contribution in [0.2, 0.25) is 0 Å². The quantitative estimate of drug-likeness (QED) is 0.897. The molecule has 3 rings (SSSR count). The SMILES string of the molecule is O=C(O)C1COCCN(Cc2cn[nH]c2-c2ccc(F)cc2)C1. The van der Waals surface area contributed by atoms with E-state index in [4.69, 9.17) is 4.74 Å². The Bertz CT molecular complexity index is 671. The number of hydrogen-bond donors (Lipinski definition) is 2. The smallest absolute Gasteiger partial charge is 0.310 e. The number of halogens is 1. The van der Waals surface area contributed by atoms with Crippen molar-refractivity contribution in [3.8, 4) is 11.3 Å². The van der Waals surface area contributed by atoms with Gasteiger partial charge in [0.2, 0.25) is 0 Å². The van der Waals surface area contributed by atoms with E-state index in [1.165, 1.54) is 12.1 Å². The molecular formula is C16H18FN3O3. The molecule has 1 unspecified atom stereocenters. The summed E-state index contributed by atoms with van der Waals surface area (Å²) in [5.74, 6) is -1.66. The highest BCUT2D eigenvalue weighted by Gasteiger charge is 2.25. The van der Waals surface area contributed by atoms with Gasteiger partial charge in [0, 0.05) is 30.8 Å². The van der Waals surface area contributed by atoms with Gasteiger partial charge in [-0.3, -0.25) is 14.8 Å². The fourth-order valence-electron chi connectivity index (χ4n) is 2.71. The van der Waals surface area contributed by atoms with Gasteiger partial charge in [0.15, 0.2) is 0 Å². The molecule has 1 fully saturated rings. The summed E-state index contributed by atoms with van der Waals surface area (Å²) < 4.78 is 18.4. The lowest BCUT2D eigenvalue weighted by atomic mass is 10.1. The number of benzene rings is 1. The second-order valence-corrected chi connectivity index (χ2v) is 5.62. The Morgan fingerprint density at radius 2 is 2.22 bits per heavy atom.